The molecule has 9 heteroatoms. The smallest absolute Gasteiger partial charge is 0.242 e. The highest BCUT2D eigenvalue weighted by Gasteiger charge is 2.21. The van der Waals surface area contributed by atoms with Gasteiger partial charge in [0.15, 0.2) is 0 Å². The van der Waals surface area contributed by atoms with Crippen LogP contribution in [-0.4, -0.2) is 64.2 Å². The van der Waals surface area contributed by atoms with E-state index >= 15 is 0 Å². The molecule has 8 nitrogen and oxygen atoms in total. The Hall–Kier alpha value is -2.55. The van der Waals surface area contributed by atoms with Crippen LogP contribution in [0.2, 0.25) is 0 Å². The summed E-state index contributed by atoms with van der Waals surface area (Å²) in [6, 6.07) is 4.43. The topological polar surface area (TPSA) is 79.2 Å². The molecular weight excluding hydrogens is 325 g/mol. The SMILES string of the molecule is C[C@H](NC(=O)Cn1cnnn1)c1cc(F)ccc1N1CCN(C)CC1. The van der Waals surface area contributed by atoms with E-state index in [9.17, 15) is 9.18 Å². The molecule has 3 rings (SSSR count). The van der Waals surface area contributed by atoms with Gasteiger partial charge in [-0.15, -0.1) is 5.10 Å². The summed E-state index contributed by atoms with van der Waals surface area (Å²) in [5, 5.41) is 13.6. The van der Waals surface area contributed by atoms with Gasteiger partial charge >= 0.3 is 0 Å². The third-order valence-electron chi connectivity index (χ3n) is 4.37. The number of aromatic nitrogens is 4. The number of carbonyl (C=O) groups excluding carboxylic acids is 1. The van der Waals surface area contributed by atoms with Crippen molar-refractivity contribution in [2.24, 2.45) is 0 Å². The average molecular weight is 347 g/mol. The molecule has 1 aliphatic rings. The van der Waals surface area contributed by atoms with E-state index in [4.69, 9.17) is 0 Å². The number of tetrazole rings is 1. The second kappa shape index (κ2) is 7.56. The van der Waals surface area contributed by atoms with Crippen molar-refractivity contribution < 1.29 is 9.18 Å². The molecule has 0 aliphatic carbocycles. The number of anilines is 1. The van der Waals surface area contributed by atoms with Gasteiger partial charge in [0.1, 0.15) is 18.7 Å². The van der Waals surface area contributed by atoms with Gasteiger partial charge in [-0.2, -0.15) is 0 Å². The maximum atomic E-state index is 13.8. The van der Waals surface area contributed by atoms with Crippen LogP contribution in [0.15, 0.2) is 24.5 Å². The van der Waals surface area contributed by atoms with E-state index in [0.717, 1.165) is 37.4 Å². The predicted octanol–water partition coefficient (Wildman–Crippen LogP) is 0.441. The van der Waals surface area contributed by atoms with E-state index in [-0.39, 0.29) is 24.3 Å². The molecular formula is C16H22FN7O. The van der Waals surface area contributed by atoms with E-state index in [2.05, 4.69) is 37.7 Å². The summed E-state index contributed by atoms with van der Waals surface area (Å²) in [6.45, 7) is 5.54. The van der Waals surface area contributed by atoms with Gasteiger partial charge in [0.05, 0.1) is 6.04 Å². The second-order valence-electron chi connectivity index (χ2n) is 6.29. The molecule has 0 radical (unpaired) electrons. The highest BCUT2D eigenvalue weighted by Crippen LogP contribution is 2.28. The summed E-state index contributed by atoms with van der Waals surface area (Å²) in [5.41, 5.74) is 1.74. The zero-order chi connectivity index (χ0) is 17.8. The largest absolute Gasteiger partial charge is 0.369 e. The second-order valence-corrected chi connectivity index (χ2v) is 6.29. The molecule has 1 aromatic heterocycles. The lowest BCUT2D eigenvalue weighted by atomic mass is 10.0. The van der Waals surface area contributed by atoms with Gasteiger partial charge in [-0.3, -0.25) is 4.79 Å². The summed E-state index contributed by atoms with van der Waals surface area (Å²) in [7, 11) is 2.09. The van der Waals surface area contributed by atoms with E-state index in [1.54, 1.807) is 6.07 Å². The Morgan fingerprint density at radius 2 is 2.08 bits per heavy atom. The number of hydrogen-bond donors (Lipinski definition) is 1. The minimum absolute atomic E-state index is 0.0243. The number of nitrogens with one attached hydrogen (secondary N) is 1. The summed E-state index contributed by atoms with van der Waals surface area (Å²) in [5.74, 6) is -0.539. The summed E-state index contributed by atoms with van der Waals surface area (Å²) < 4.78 is 15.2. The van der Waals surface area contributed by atoms with Crippen LogP contribution in [0, 0.1) is 5.82 Å². The lowest BCUT2D eigenvalue weighted by Crippen LogP contribution is -2.45. The lowest BCUT2D eigenvalue weighted by molar-refractivity contribution is -0.122. The van der Waals surface area contributed by atoms with Crippen molar-refractivity contribution in [3.05, 3.63) is 35.9 Å². The highest BCUT2D eigenvalue weighted by molar-refractivity contribution is 5.76. The number of rotatable bonds is 5. The maximum Gasteiger partial charge on any atom is 0.242 e. The average Bonchev–Trinajstić information content (AvgIpc) is 3.08. The van der Waals surface area contributed by atoms with Crippen molar-refractivity contribution >= 4 is 11.6 Å². The number of benzene rings is 1. The molecule has 0 bridgehead atoms. The van der Waals surface area contributed by atoms with E-state index in [1.165, 1.54) is 23.1 Å². The van der Waals surface area contributed by atoms with Gasteiger partial charge in [0.25, 0.3) is 0 Å². The monoisotopic (exact) mass is 347 g/mol. The first-order valence-corrected chi connectivity index (χ1v) is 8.26. The summed E-state index contributed by atoms with van der Waals surface area (Å²) in [4.78, 5) is 16.7. The third kappa shape index (κ3) is 4.30. The molecule has 2 heterocycles. The van der Waals surface area contributed by atoms with E-state index in [0.29, 0.717) is 0 Å². The maximum absolute atomic E-state index is 13.8. The Labute approximate surface area is 145 Å². The summed E-state index contributed by atoms with van der Waals surface area (Å²) in [6.07, 6.45) is 1.38. The number of hydrogen-bond acceptors (Lipinski definition) is 6. The fraction of sp³-hybridized carbons (Fsp3) is 0.500. The highest BCUT2D eigenvalue weighted by atomic mass is 19.1. The number of carbonyl (C=O) groups is 1. The van der Waals surface area contributed by atoms with Crippen LogP contribution in [0.4, 0.5) is 10.1 Å². The Balaban J connectivity index is 1.73. The molecule has 1 aromatic carbocycles. The standard InChI is InChI=1S/C16H22FN7O/c1-12(19-16(25)10-24-11-18-20-21-24)14-9-13(17)3-4-15(14)23-7-5-22(2)6-8-23/h3-4,9,11-12H,5-8,10H2,1-2H3,(H,19,25)/t12-/m0/s1. The molecule has 1 N–H and O–H groups in total. The molecule has 1 atom stereocenters. The van der Waals surface area contributed by atoms with Gasteiger partial charge in [-0.05, 0) is 42.6 Å². The number of piperazine rings is 1. The van der Waals surface area contributed by atoms with E-state index < -0.39 is 0 Å². The Bertz CT molecular complexity index is 713. The van der Waals surface area contributed by atoms with Crippen molar-refractivity contribution in [3.63, 3.8) is 0 Å². The molecule has 1 aliphatic heterocycles. The first-order valence-electron chi connectivity index (χ1n) is 8.26. The third-order valence-corrected chi connectivity index (χ3v) is 4.37. The Morgan fingerprint density at radius 3 is 2.76 bits per heavy atom. The van der Waals surface area contributed by atoms with E-state index in [1.807, 2.05) is 6.92 Å². The molecule has 0 saturated carbocycles. The lowest BCUT2D eigenvalue weighted by Gasteiger charge is -2.36. The predicted molar refractivity (Wildman–Crippen MR) is 90.5 cm³/mol. The minimum Gasteiger partial charge on any atom is -0.369 e. The molecule has 0 spiro atoms. The van der Waals surface area contributed by atoms with Crippen LogP contribution in [0.3, 0.4) is 0 Å². The van der Waals surface area contributed by atoms with Crippen LogP contribution in [-0.2, 0) is 11.3 Å². The number of likely N-dealkylation sites (N-methyl/N-ethyl adjacent to an activating group) is 1. The first-order chi connectivity index (χ1) is 12.0. The number of amides is 1. The molecule has 1 saturated heterocycles. The summed E-state index contributed by atoms with van der Waals surface area (Å²) >= 11 is 0. The molecule has 134 valence electrons. The Kier molecular flexibility index (Phi) is 5.22. The first kappa shape index (κ1) is 17.3. The van der Waals surface area contributed by atoms with Crippen LogP contribution in [0.1, 0.15) is 18.5 Å². The van der Waals surface area contributed by atoms with Crippen molar-refractivity contribution in [1.82, 2.24) is 30.4 Å². The number of nitrogens with zero attached hydrogens (tertiary/aromatic N) is 6. The fourth-order valence-corrected chi connectivity index (χ4v) is 2.97. The fourth-order valence-electron chi connectivity index (χ4n) is 2.97. The molecule has 1 amide bonds. The van der Waals surface area contributed by atoms with Gasteiger partial charge < -0.3 is 15.1 Å². The normalized spacial score (nSPS) is 16.7. The quantitative estimate of drug-likeness (QED) is 0.846. The van der Waals surface area contributed by atoms with Crippen LogP contribution < -0.4 is 10.2 Å². The molecule has 0 unspecified atom stereocenters. The zero-order valence-corrected chi connectivity index (χ0v) is 14.4. The van der Waals surface area contributed by atoms with Gasteiger partial charge in [0, 0.05) is 37.4 Å². The van der Waals surface area contributed by atoms with Gasteiger partial charge in [-0.1, -0.05) is 0 Å². The van der Waals surface area contributed by atoms with Crippen molar-refractivity contribution in [3.8, 4) is 0 Å². The van der Waals surface area contributed by atoms with Crippen molar-refractivity contribution in [1.29, 1.82) is 0 Å². The van der Waals surface area contributed by atoms with Gasteiger partial charge in [-0.25, -0.2) is 9.07 Å². The number of halogens is 1. The minimum atomic E-state index is -0.325. The van der Waals surface area contributed by atoms with Crippen LogP contribution in [0.25, 0.3) is 0 Å². The molecule has 1 fully saturated rings. The van der Waals surface area contributed by atoms with Crippen molar-refractivity contribution in [2.45, 2.75) is 19.5 Å². The molecule has 2 aromatic rings. The van der Waals surface area contributed by atoms with Gasteiger partial charge in [0.2, 0.25) is 5.91 Å². The Morgan fingerprint density at radius 1 is 1.32 bits per heavy atom. The molecule has 25 heavy (non-hydrogen) atoms. The van der Waals surface area contributed by atoms with Crippen molar-refractivity contribution in [2.75, 3.05) is 38.1 Å². The zero-order valence-electron chi connectivity index (χ0n) is 14.4. The van der Waals surface area contributed by atoms with Crippen LogP contribution >= 0.6 is 0 Å². The van der Waals surface area contributed by atoms with Crippen LogP contribution in [0.5, 0.6) is 0 Å².